The lowest BCUT2D eigenvalue weighted by molar-refractivity contribution is -0.142. The van der Waals surface area contributed by atoms with Gasteiger partial charge >= 0.3 is 12.1 Å². The summed E-state index contributed by atoms with van der Waals surface area (Å²) in [5.74, 6) is -1.39. The topological polar surface area (TPSA) is 66.3 Å². The molecule has 1 saturated heterocycles. The summed E-state index contributed by atoms with van der Waals surface area (Å²) in [4.78, 5) is 19.4. The summed E-state index contributed by atoms with van der Waals surface area (Å²) in [6, 6.07) is 0.851. The minimum absolute atomic E-state index is 0.119. The smallest absolute Gasteiger partial charge is 0.433 e. The Morgan fingerprint density at radius 3 is 2.79 bits per heavy atom. The Labute approximate surface area is 107 Å². The molecule has 2 heterocycles. The van der Waals surface area contributed by atoms with Crippen molar-refractivity contribution in [3.63, 3.8) is 0 Å². The molecule has 1 N–H and O–H groups in total. The van der Waals surface area contributed by atoms with Crippen LogP contribution in [0.3, 0.4) is 0 Å². The predicted octanol–water partition coefficient (Wildman–Crippen LogP) is 1.80. The van der Waals surface area contributed by atoms with Crippen LogP contribution in [-0.2, 0) is 11.0 Å². The number of aliphatic carboxylic acids is 1. The van der Waals surface area contributed by atoms with Crippen molar-refractivity contribution in [1.29, 1.82) is 0 Å². The van der Waals surface area contributed by atoms with E-state index in [4.69, 9.17) is 5.11 Å². The highest BCUT2D eigenvalue weighted by atomic mass is 19.4. The first-order chi connectivity index (χ1) is 8.88. The van der Waals surface area contributed by atoms with E-state index in [1.165, 1.54) is 0 Å². The van der Waals surface area contributed by atoms with Crippen LogP contribution in [0.4, 0.5) is 19.0 Å². The number of carbonyl (C=O) groups is 1. The molecule has 0 bridgehead atoms. The zero-order valence-corrected chi connectivity index (χ0v) is 9.89. The van der Waals surface area contributed by atoms with Crippen molar-refractivity contribution in [2.24, 2.45) is 5.92 Å². The highest BCUT2D eigenvalue weighted by Gasteiger charge is 2.34. The zero-order valence-electron chi connectivity index (χ0n) is 9.89. The Morgan fingerprint density at radius 2 is 2.16 bits per heavy atom. The number of carboxylic acid groups (broad SMARTS) is 1. The maximum Gasteiger partial charge on any atom is 0.433 e. The number of nitrogens with zero attached hydrogens (tertiary/aromatic N) is 3. The lowest BCUT2D eigenvalue weighted by Crippen LogP contribution is -2.39. The Balaban J connectivity index is 2.20. The van der Waals surface area contributed by atoms with Crippen LogP contribution in [0.2, 0.25) is 0 Å². The van der Waals surface area contributed by atoms with Gasteiger partial charge in [0.2, 0.25) is 0 Å². The molecule has 104 valence electrons. The molecule has 8 heteroatoms. The van der Waals surface area contributed by atoms with Gasteiger partial charge in [-0.15, -0.1) is 0 Å². The Bertz CT molecular complexity index is 478. The molecule has 1 aliphatic rings. The molecule has 1 aromatic rings. The number of anilines is 1. The van der Waals surface area contributed by atoms with Crippen molar-refractivity contribution in [3.05, 3.63) is 18.1 Å². The van der Waals surface area contributed by atoms with Crippen LogP contribution < -0.4 is 4.90 Å². The fourth-order valence-corrected chi connectivity index (χ4v) is 2.06. The number of alkyl halides is 3. The van der Waals surface area contributed by atoms with Crippen LogP contribution in [0.5, 0.6) is 0 Å². The summed E-state index contributed by atoms with van der Waals surface area (Å²) in [5.41, 5.74) is -1.02. The Morgan fingerprint density at radius 1 is 1.42 bits per heavy atom. The van der Waals surface area contributed by atoms with E-state index in [0.717, 1.165) is 12.4 Å². The lowest BCUT2D eigenvalue weighted by atomic mass is 9.98. The molecular formula is C11H12F3N3O2. The van der Waals surface area contributed by atoms with E-state index in [1.54, 1.807) is 4.90 Å². The number of carboxylic acids is 1. The van der Waals surface area contributed by atoms with Crippen LogP contribution in [-0.4, -0.2) is 34.1 Å². The van der Waals surface area contributed by atoms with Gasteiger partial charge in [0, 0.05) is 19.2 Å². The molecule has 0 spiro atoms. The average Bonchev–Trinajstić information content (AvgIpc) is 2.38. The van der Waals surface area contributed by atoms with Gasteiger partial charge in [-0.2, -0.15) is 13.2 Å². The SMILES string of the molecule is O=C(O)[C@@H]1CCCN(c2cc(C(F)(F)F)ncn2)C1. The molecule has 0 aromatic carbocycles. The van der Waals surface area contributed by atoms with Crippen molar-refractivity contribution in [2.75, 3.05) is 18.0 Å². The second kappa shape index (κ2) is 5.02. The van der Waals surface area contributed by atoms with Gasteiger partial charge in [-0.1, -0.05) is 0 Å². The highest BCUT2D eigenvalue weighted by Crippen LogP contribution is 2.30. The third-order valence-electron chi connectivity index (χ3n) is 3.04. The summed E-state index contributed by atoms with van der Waals surface area (Å²) in [6.07, 6.45) is -2.53. The van der Waals surface area contributed by atoms with E-state index in [-0.39, 0.29) is 12.4 Å². The van der Waals surface area contributed by atoms with Gasteiger partial charge in [-0.3, -0.25) is 4.79 Å². The van der Waals surface area contributed by atoms with Gasteiger partial charge < -0.3 is 10.0 Å². The number of aromatic nitrogens is 2. The standard InChI is InChI=1S/C11H12F3N3O2/c12-11(13,14)8-4-9(16-6-15-8)17-3-1-2-7(5-17)10(18)19/h4,6-7H,1-3,5H2,(H,18,19)/t7-/m1/s1. The number of hydrogen-bond donors (Lipinski definition) is 1. The summed E-state index contributed by atoms with van der Waals surface area (Å²) in [7, 11) is 0. The maximum absolute atomic E-state index is 12.5. The quantitative estimate of drug-likeness (QED) is 0.891. The molecule has 1 aromatic heterocycles. The fourth-order valence-electron chi connectivity index (χ4n) is 2.06. The largest absolute Gasteiger partial charge is 0.481 e. The second-order valence-electron chi connectivity index (χ2n) is 4.38. The predicted molar refractivity (Wildman–Crippen MR) is 59.6 cm³/mol. The number of hydrogen-bond acceptors (Lipinski definition) is 4. The normalized spacial score (nSPS) is 20.4. The molecule has 5 nitrogen and oxygen atoms in total. The molecule has 1 atom stereocenters. The van der Waals surface area contributed by atoms with Gasteiger partial charge in [-0.05, 0) is 12.8 Å². The first kappa shape index (κ1) is 13.6. The summed E-state index contributed by atoms with van der Waals surface area (Å²) in [6.45, 7) is 0.668. The number of halogens is 3. The van der Waals surface area contributed by atoms with Gasteiger partial charge in [0.15, 0.2) is 0 Å². The van der Waals surface area contributed by atoms with Crippen LogP contribution in [0.15, 0.2) is 12.4 Å². The minimum Gasteiger partial charge on any atom is -0.481 e. The van der Waals surface area contributed by atoms with E-state index in [1.807, 2.05) is 0 Å². The van der Waals surface area contributed by atoms with Gasteiger partial charge in [0.25, 0.3) is 0 Å². The van der Waals surface area contributed by atoms with Gasteiger partial charge in [-0.25, -0.2) is 9.97 Å². The van der Waals surface area contributed by atoms with E-state index < -0.39 is 23.8 Å². The molecule has 19 heavy (non-hydrogen) atoms. The molecule has 1 aliphatic heterocycles. The van der Waals surface area contributed by atoms with Crippen LogP contribution in [0.1, 0.15) is 18.5 Å². The molecule has 0 unspecified atom stereocenters. The molecule has 0 amide bonds. The Kier molecular flexibility index (Phi) is 3.59. The van der Waals surface area contributed by atoms with E-state index in [0.29, 0.717) is 19.4 Å². The van der Waals surface area contributed by atoms with Crippen LogP contribution in [0, 0.1) is 5.92 Å². The molecule has 0 aliphatic carbocycles. The van der Waals surface area contributed by atoms with Crippen molar-refractivity contribution in [1.82, 2.24) is 9.97 Å². The van der Waals surface area contributed by atoms with Crippen molar-refractivity contribution < 1.29 is 23.1 Å². The van der Waals surface area contributed by atoms with E-state index in [2.05, 4.69) is 9.97 Å². The number of rotatable bonds is 2. The maximum atomic E-state index is 12.5. The van der Waals surface area contributed by atoms with Gasteiger partial charge in [0.1, 0.15) is 17.8 Å². The lowest BCUT2D eigenvalue weighted by Gasteiger charge is -2.31. The third-order valence-corrected chi connectivity index (χ3v) is 3.04. The molecule has 2 rings (SSSR count). The summed E-state index contributed by atoms with van der Waals surface area (Å²) in [5, 5.41) is 8.95. The average molecular weight is 275 g/mol. The minimum atomic E-state index is -4.53. The van der Waals surface area contributed by atoms with Crippen LogP contribution >= 0.6 is 0 Å². The number of piperidine rings is 1. The molecule has 0 radical (unpaired) electrons. The second-order valence-corrected chi connectivity index (χ2v) is 4.38. The van der Waals surface area contributed by atoms with E-state index >= 15 is 0 Å². The van der Waals surface area contributed by atoms with E-state index in [9.17, 15) is 18.0 Å². The van der Waals surface area contributed by atoms with Crippen molar-refractivity contribution in [2.45, 2.75) is 19.0 Å². The monoisotopic (exact) mass is 275 g/mol. The summed E-state index contributed by atoms with van der Waals surface area (Å²) < 4.78 is 37.6. The van der Waals surface area contributed by atoms with Crippen molar-refractivity contribution >= 4 is 11.8 Å². The van der Waals surface area contributed by atoms with Gasteiger partial charge in [0.05, 0.1) is 5.92 Å². The molecule has 0 saturated carbocycles. The first-order valence-corrected chi connectivity index (χ1v) is 5.75. The molecule has 1 fully saturated rings. The fraction of sp³-hybridized carbons (Fsp3) is 0.545. The Hall–Kier alpha value is -1.86. The zero-order chi connectivity index (χ0) is 14.0. The van der Waals surface area contributed by atoms with Crippen molar-refractivity contribution in [3.8, 4) is 0 Å². The summed E-state index contributed by atoms with van der Waals surface area (Å²) >= 11 is 0. The molecular weight excluding hydrogens is 263 g/mol. The third kappa shape index (κ3) is 3.12. The first-order valence-electron chi connectivity index (χ1n) is 5.75. The van der Waals surface area contributed by atoms with Crippen LogP contribution in [0.25, 0.3) is 0 Å². The highest BCUT2D eigenvalue weighted by molar-refractivity contribution is 5.71.